The van der Waals surface area contributed by atoms with Crippen molar-refractivity contribution in [3.8, 4) is 0 Å². The fourth-order valence-corrected chi connectivity index (χ4v) is 6.20. The fourth-order valence-electron chi connectivity index (χ4n) is 3.74. The van der Waals surface area contributed by atoms with Gasteiger partial charge in [-0.3, -0.25) is 0 Å². The second-order valence-electron chi connectivity index (χ2n) is 6.71. The van der Waals surface area contributed by atoms with E-state index in [9.17, 15) is 9.90 Å². The molecule has 6 heteroatoms. The van der Waals surface area contributed by atoms with Crippen LogP contribution in [-0.4, -0.2) is 29.7 Å². The average Bonchev–Trinajstić information content (AvgIpc) is 3.24. The van der Waals surface area contributed by atoms with E-state index in [1.54, 1.807) is 6.08 Å². The van der Waals surface area contributed by atoms with Crippen LogP contribution in [0.15, 0.2) is 60.0 Å². The molecular formula is C22H17N3O2Se. The molecule has 0 unspecified atom stereocenters. The Morgan fingerprint density at radius 1 is 1.21 bits per heavy atom. The van der Waals surface area contributed by atoms with Crippen molar-refractivity contribution in [1.29, 1.82) is 0 Å². The number of hydrogen-bond donors (Lipinski definition) is 0. The number of ketones is 1. The number of imidazole rings is 1. The number of aromatic nitrogens is 3. The SMILES string of the molecule is CC[n+]1c(C=C2C(=O)C(c3nc(C)n4ccccc34)=C2[O-])[se]c2ccccc21. The maximum atomic E-state index is 12.9. The number of carbonyl (C=O) groups excluding carboxylic acids is 1. The van der Waals surface area contributed by atoms with E-state index in [0.717, 1.165) is 22.5 Å². The van der Waals surface area contributed by atoms with Crippen LogP contribution in [0.1, 0.15) is 23.0 Å². The van der Waals surface area contributed by atoms with Gasteiger partial charge in [0.15, 0.2) is 0 Å². The number of aryl methyl sites for hydroxylation is 2. The van der Waals surface area contributed by atoms with Crippen LogP contribution in [0.25, 0.3) is 26.9 Å². The number of Topliss-reactive ketones (excluding diaryl/α,β-unsaturated/α-hetero) is 1. The standard InChI is InChI=1S/C22H17N3O2Se/c1-3-24-15-8-4-5-10-17(15)28-18(24)12-14-21(26)19(22(14)27)20-16-9-6-7-11-25(16)13(2)23-20/h4-12H,3H2,1-2H3. The number of allylic oxidation sites excluding steroid dienone is 2. The van der Waals surface area contributed by atoms with Gasteiger partial charge in [-0.05, 0) is 0 Å². The molecule has 1 aromatic carbocycles. The van der Waals surface area contributed by atoms with Gasteiger partial charge in [-0.25, -0.2) is 0 Å². The van der Waals surface area contributed by atoms with Gasteiger partial charge in [0.25, 0.3) is 0 Å². The zero-order valence-corrected chi connectivity index (χ0v) is 17.2. The van der Waals surface area contributed by atoms with E-state index in [1.165, 1.54) is 9.78 Å². The van der Waals surface area contributed by atoms with Crippen molar-refractivity contribution in [2.45, 2.75) is 20.4 Å². The van der Waals surface area contributed by atoms with Crippen molar-refractivity contribution in [2.75, 3.05) is 0 Å². The minimum absolute atomic E-state index is 0.0909. The maximum absolute atomic E-state index is 12.9. The predicted molar refractivity (Wildman–Crippen MR) is 107 cm³/mol. The normalized spacial score (nSPS) is 15.8. The molecule has 0 amide bonds. The summed E-state index contributed by atoms with van der Waals surface area (Å²) >= 11 is 0.0909. The Bertz CT molecular complexity index is 1340. The minimum atomic E-state index is -0.204. The second-order valence-corrected chi connectivity index (χ2v) is 8.94. The van der Waals surface area contributed by atoms with Crippen LogP contribution in [0.2, 0.25) is 0 Å². The first kappa shape index (κ1) is 17.2. The number of benzene rings is 1. The summed E-state index contributed by atoms with van der Waals surface area (Å²) in [6.07, 6.45) is 3.68. The molecule has 1 aliphatic rings. The third-order valence-corrected chi connectivity index (χ3v) is 7.46. The van der Waals surface area contributed by atoms with E-state index in [0.29, 0.717) is 5.69 Å². The molecule has 5 nitrogen and oxygen atoms in total. The summed E-state index contributed by atoms with van der Waals surface area (Å²) in [5.74, 6) is 0.352. The number of carbonyl (C=O) groups is 1. The van der Waals surface area contributed by atoms with Crippen LogP contribution >= 0.6 is 0 Å². The summed E-state index contributed by atoms with van der Waals surface area (Å²) in [5, 5.41) is 12.9. The fraction of sp³-hybridized carbons (Fsp3) is 0.136. The average molecular weight is 434 g/mol. The first-order valence-electron chi connectivity index (χ1n) is 9.13. The molecule has 1 aliphatic carbocycles. The quantitative estimate of drug-likeness (QED) is 0.281. The Labute approximate surface area is 167 Å². The number of fused-ring (bicyclic) bond motifs is 2. The topological polar surface area (TPSA) is 61.3 Å². The van der Waals surface area contributed by atoms with Gasteiger partial charge in [0.2, 0.25) is 0 Å². The van der Waals surface area contributed by atoms with E-state index < -0.39 is 0 Å². The van der Waals surface area contributed by atoms with E-state index in [4.69, 9.17) is 0 Å². The summed E-state index contributed by atoms with van der Waals surface area (Å²) in [7, 11) is 0. The van der Waals surface area contributed by atoms with Gasteiger partial charge in [0, 0.05) is 0 Å². The summed E-state index contributed by atoms with van der Waals surface area (Å²) in [6, 6.07) is 13.9. The molecular weight excluding hydrogens is 417 g/mol. The number of hydrogen-bond acceptors (Lipinski definition) is 3. The van der Waals surface area contributed by atoms with Crippen molar-refractivity contribution in [3.05, 3.63) is 76.1 Å². The zero-order valence-electron chi connectivity index (χ0n) is 15.5. The summed E-state index contributed by atoms with van der Waals surface area (Å²) in [5.41, 5.74) is 2.93. The Hall–Kier alpha value is -2.95. The molecule has 0 spiro atoms. The summed E-state index contributed by atoms with van der Waals surface area (Å²) in [4.78, 5) is 17.4. The van der Waals surface area contributed by atoms with Gasteiger partial charge in [0.1, 0.15) is 0 Å². The molecule has 138 valence electrons. The molecule has 0 aliphatic heterocycles. The van der Waals surface area contributed by atoms with E-state index in [-0.39, 0.29) is 37.2 Å². The van der Waals surface area contributed by atoms with Crippen LogP contribution < -0.4 is 9.67 Å². The molecule has 0 saturated heterocycles. The molecule has 5 rings (SSSR count). The number of para-hydroxylation sites is 1. The van der Waals surface area contributed by atoms with Crippen LogP contribution in [0.4, 0.5) is 0 Å². The van der Waals surface area contributed by atoms with E-state index in [2.05, 4.69) is 28.6 Å². The Morgan fingerprint density at radius 2 is 2.00 bits per heavy atom. The third-order valence-electron chi connectivity index (χ3n) is 5.13. The van der Waals surface area contributed by atoms with Crippen molar-refractivity contribution in [1.82, 2.24) is 9.38 Å². The van der Waals surface area contributed by atoms with E-state index in [1.807, 2.05) is 47.9 Å². The van der Waals surface area contributed by atoms with Gasteiger partial charge in [-0.1, -0.05) is 0 Å². The molecule has 3 heterocycles. The van der Waals surface area contributed by atoms with Gasteiger partial charge >= 0.3 is 168 Å². The van der Waals surface area contributed by atoms with Crippen molar-refractivity contribution in [3.63, 3.8) is 0 Å². The molecule has 0 bridgehead atoms. The van der Waals surface area contributed by atoms with Gasteiger partial charge in [-0.2, -0.15) is 0 Å². The Morgan fingerprint density at radius 3 is 2.79 bits per heavy atom. The Kier molecular flexibility index (Phi) is 3.86. The van der Waals surface area contributed by atoms with Crippen LogP contribution in [0.3, 0.4) is 0 Å². The molecule has 0 radical (unpaired) electrons. The van der Waals surface area contributed by atoms with Gasteiger partial charge in [-0.15, -0.1) is 0 Å². The number of rotatable bonds is 3. The number of nitrogens with zero attached hydrogens (tertiary/aromatic N) is 3. The summed E-state index contributed by atoms with van der Waals surface area (Å²) < 4.78 is 6.42. The number of pyridine rings is 1. The molecule has 0 saturated carbocycles. The van der Waals surface area contributed by atoms with Crippen molar-refractivity contribution >= 4 is 47.2 Å². The zero-order chi connectivity index (χ0) is 19.4. The van der Waals surface area contributed by atoms with Crippen LogP contribution in [0, 0.1) is 6.92 Å². The third kappa shape index (κ3) is 2.35. The monoisotopic (exact) mass is 435 g/mol. The van der Waals surface area contributed by atoms with Crippen molar-refractivity contribution in [2.24, 2.45) is 0 Å². The van der Waals surface area contributed by atoms with Gasteiger partial charge in [0.05, 0.1) is 0 Å². The first-order chi connectivity index (χ1) is 13.6. The molecule has 4 aromatic rings. The second kappa shape index (κ2) is 6.30. The first-order valence-corrected chi connectivity index (χ1v) is 10.8. The van der Waals surface area contributed by atoms with Gasteiger partial charge < -0.3 is 0 Å². The Balaban J connectivity index is 1.64. The van der Waals surface area contributed by atoms with Crippen LogP contribution in [0.5, 0.6) is 0 Å². The van der Waals surface area contributed by atoms with Crippen LogP contribution in [-0.2, 0) is 11.3 Å². The van der Waals surface area contributed by atoms with E-state index >= 15 is 0 Å². The molecule has 0 N–H and O–H groups in total. The molecule has 3 aromatic heterocycles. The molecule has 0 atom stereocenters. The van der Waals surface area contributed by atoms with Crippen molar-refractivity contribution < 1.29 is 14.5 Å². The summed E-state index contributed by atoms with van der Waals surface area (Å²) in [6.45, 7) is 4.76. The molecule has 28 heavy (non-hydrogen) atoms. The predicted octanol–water partition coefficient (Wildman–Crippen LogP) is 1.90. The molecule has 0 fully saturated rings.